The molecule has 4 nitrogen and oxygen atoms in total. The molecule has 3 atom stereocenters. The van der Waals surface area contributed by atoms with Crippen LogP contribution >= 0.6 is 11.6 Å². The smallest absolute Gasteiger partial charge is 0.237 e. The quantitative estimate of drug-likeness (QED) is 0.813. The van der Waals surface area contributed by atoms with Gasteiger partial charge >= 0.3 is 0 Å². The van der Waals surface area contributed by atoms with Gasteiger partial charge in [0.25, 0.3) is 0 Å². The topological polar surface area (TPSA) is 64.4 Å². The molecule has 0 aliphatic rings. The minimum Gasteiger partial charge on any atom is -0.489 e. The molecule has 0 aliphatic carbocycles. The maximum absolute atomic E-state index is 11.8. The number of rotatable bonds is 7. The molecule has 0 aliphatic heterocycles. The Morgan fingerprint density at radius 1 is 1.45 bits per heavy atom. The van der Waals surface area contributed by atoms with Crippen molar-refractivity contribution in [3.63, 3.8) is 0 Å². The fourth-order valence-corrected chi connectivity index (χ4v) is 1.87. The Hall–Kier alpha value is -1.26. The lowest BCUT2D eigenvalue weighted by molar-refractivity contribution is -0.123. The third kappa shape index (κ3) is 5.39. The second-order valence-electron chi connectivity index (χ2n) is 5.04. The molecule has 0 radical (unpaired) electrons. The summed E-state index contributed by atoms with van der Waals surface area (Å²) in [5.41, 5.74) is 5.86. The SMILES string of the molecule is CCC(C)C(N)C(=O)NCC(C)Oc1cccc(Cl)c1. The summed E-state index contributed by atoms with van der Waals surface area (Å²) < 4.78 is 5.67. The summed E-state index contributed by atoms with van der Waals surface area (Å²) in [4.78, 5) is 11.8. The van der Waals surface area contributed by atoms with Crippen LogP contribution in [0.4, 0.5) is 0 Å². The van der Waals surface area contributed by atoms with Gasteiger partial charge < -0.3 is 15.8 Å². The summed E-state index contributed by atoms with van der Waals surface area (Å²) in [5, 5.41) is 3.43. The molecule has 1 aromatic rings. The average Bonchev–Trinajstić information content (AvgIpc) is 2.43. The van der Waals surface area contributed by atoms with Gasteiger partial charge in [0.1, 0.15) is 11.9 Å². The summed E-state index contributed by atoms with van der Waals surface area (Å²) in [6, 6.07) is 6.70. The Bertz CT molecular complexity index is 440. The first kappa shape index (κ1) is 16.8. The molecule has 0 heterocycles. The maximum Gasteiger partial charge on any atom is 0.237 e. The third-order valence-corrected chi connectivity index (χ3v) is 3.49. The van der Waals surface area contributed by atoms with Gasteiger partial charge in [-0.2, -0.15) is 0 Å². The number of halogens is 1. The molecule has 1 rings (SSSR count). The fourth-order valence-electron chi connectivity index (χ4n) is 1.69. The lowest BCUT2D eigenvalue weighted by Gasteiger charge is -2.20. The minimum atomic E-state index is -0.474. The minimum absolute atomic E-state index is 0.138. The van der Waals surface area contributed by atoms with Crippen LogP contribution in [0.2, 0.25) is 5.02 Å². The van der Waals surface area contributed by atoms with Crippen LogP contribution in [0.3, 0.4) is 0 Å². The van der Waals surface area contributed by atoms with Crippen LogP contribution in [0.25, 0.3) is 0 Å². The monoisotopic (exact) mass is 298 g/mol. The first-order valence-electron chi connectivity index (χ1n) is 6.89. The maximum atomic E-state index is 11.8. The van der Waals surface area contributed by atoms with E-state index in [-0.39, 0.29) is 17.9 Å². The number of hydrogen-bond acceptors (Lipinski definition) is 3. The number of hydrogen-bond donors (Lipinski definition) is 2. The van der Waals surface area contributed by atoms with E-state index in [1.807, 2.05) is 32.9 Å². The molecule has 0 fully saturated rings. The predicted molar refractivity (Wildman–Crippen MR) is 82.0 cm³/mol. The van der Waals surface area contributed by atoms with E-state index in [1.54, 1.807) is 12.1 Å². The van der Waals surface area contributed by atoms with E-state index >= 15 is 0 Å². The van der Waals surface area contributed by atoms with Crippen molar-refractivity contribution in [1.82, 2.24) is 5.32 Å². The van der Waals surface area contributed by atoms with Crippen LogP contribution in [0, 0.1) is 5.92 Å². The van der Waals surface area contributed by atoms with Gasteiger partial charge in [-0.1, -0.05) is 37.9 Å². The zero-order valence-corrected chi connectivity index (χ0v) is 13.0. The number of benzene rings is 1. The highest BCUT2D eigenvalue weighted by molar-refractivity contribution is 6.30. The second-order valence-corrected chi connectivity index (χ2v) is 5.48. The first-order chi connectivity index (χ1) is 9.43. The largest absolute Gasteiger partial charge is 0.489 e. The molecule has 20 heavy (non-hydrogen) atoms. The molecule has 1 aromatic carbocycles. The molecule has 3 unspecified atom stereocenters. The first-order valence-corrected chi connectivity index (χ1v) is 7.27. The Labute approximate surface area is 125 Å². The van der Waals surface area contributed by atoms with E-state index in [2.05, 4.69) is 5.32 Å². The fraction of sp³-hybridized carbons (Fsp3) is 0.533. The molecule has 1 amide bonds. The van der Waals surface area contributed by atoms with E-state index in [0.29, 0.717) is 17.3 Å². The number of nitrogens with one attached hydrogen (secondary N) is 1. The highest BCUT2D eigenvalue weighted by atomic mass is 35.5. The molecule has 0 bridgehead atoms. The van der Waals surface area contributed by atoms with Crippen molar-refractivity contribution in [2.75, 3.05) is 6.54 Å². The van der Waals surface area contributed by atoms with Crippen molar-refractivity contribution in [2.24, 2.45) is 11.7 Å². The average molecular weight is 299 g/mol. The van der Waals surface area contributed by atoms with Crippen LogP contribution in [-0.4, -0.2) is 24.6 Å². The van der Waals surface area contributed by atoms with Crippen molar-refractivity contribution >= 4 is 17.5 Å². The third-order valence-electron chi connectivity index (χ3n) is 3.26. The van der Waals surface area contributed by atoms with Crippen LogP contribution < -0.4 is 15.8 Å². The normalized spacial score (nSPS) is 15.2. The van der Waals surface area contributed by atoms with Gasteiger partial charge in [-0.15, -0.1) is 0 Å². The number of amides is 1. The molecule has 0 saturated carbocycles. The number of nitrogens with two attached hydrogens (primary N) is 1. The van der Waals surface area contributed by atoms with Crippen molar-refractivity contribution in [3.8, 4) is 5.75 Å². The van der Waals surface area contributed by atoms with Crippen molar-refractivity contribution in [2.45, 2.75) is 39.3 Å². The van der Waals surface area contributed by atoms with E-state index < -0.39 is 6.04 Å². The molecule has 0 spiro atoms. The van der Waals surface area contributed by atoms with Gasteiger partial charge in [0, 0.05) is 5.02 Å². The van der Waals surface area contributed by atoms with E-state index in [1.165, 1.54) is 0 Å². The zero-order valence-electron chi connectivity index (χ0n) is 12.2. The summed E-state index contributed by atoms with van der Waals surface area (Å²) in [6.07, 6.45) is 0.727. The second kappa shape index (κ2) is 8.12. The van der Waals surface area contributed by atoms with Crippen LogP contribution in [0.5, 0.6) is 5.75 Å². The Kier molecular flexibility index (Phi) is 6.82. The van der Waals surface area contributed by atoms with Gasteiger partial charge in [0.2, 0.25) is 5.91 Å². The summed E-state index contributed by atoms with van der Waals surface area (Å²) in [5.74, 6) is 0.713. The molecule has 112 valence electrons. The molecule has 0 aromatic heterocycles. The van der Waals surface area contributed by atoms with Crippen molar-refractivity contribution in [1.29, 1.82) is 0 Å². The highest BCUT2D eigenvalue weighted by Crippen LogP contribution is 2.18. The standard InChI is InChI=1S/C15H23ClN2O2/c1-4-10(2)14(17)15(19)18-9-11(3)20-13-7-5-6-12(16)8-13/h5-8,10-11,14H,4,9,17H2,1-3H3,(H,18,19). The summed E-state index contributed by atoms with van der Waals surface area (Å²) in [6.45, 7) is 6.28. The van der Waals surface area contributed by atoms with Crippen molar-refractivity contribution < 1.29 is 9.53 Å². The lowest BCUT2D eigenvalue weighted by Crippen LogP contribution is -2.47. The van der Waals surface area contributed by atoms with Crippen LogP contribution in [-0.2, 0) is 4.79 Å². The summed E-state index contributed by atoms with van der Waals surface area (Å²) >= 11 is 5.88. The van der Waals surface area contributed by atoms with Crippen LogP contribution in [0.15, 0.2) is 24.3 Å². The van der Waals surface area contributed by atoms with Crippen LogP contribution in [0.1, 0.15) is 27.2 Å². The number of carbonyl (C=O) groups is 1. The number of carbonyl (C=O) groups excluding carboxylic acids is 1. The summed E-state index contributed by atoms with van der Waals surface area (Å²) in [7, 11) is 0. The van der Waals surface area contributed by atoms with Gasteiger partial charge in [-0.05, 0) is 31.0 Å². The Morgan fingerprint density at radius 2 is 2.15 bits per heavy atom. The highest BCUT2D eigenvalue weighted by Gasteiger charge is 2.19. The van der Waals surface area contributed by atoms with Crippen molar-refractivity contribution in [3.05, 3.63) is 29.3 Å². The Balaban J connectivity index is 2.40. The number of ether oxygens (including phenoxy) is 1. The molecular formula is C15H23ClN2O2. The molecule has 5 heteroatoms. The molecule has 3 N–H and O–H groups in total. The van der Waals surface area contributed by atoms with Gasteiger partial charge in [0.05, 0.1) is 12.6 Å². The zero-order chi connectivity index (χ0) is 15.1. The lowest BCUT2D eigenvalue weighted by atomic mass is 9.99. The van der Waals surface area contributed by atoms with Gasteiger partial charge in [0.15, 0.2) is 0 Å². The predicted octanol–water partition coefficient (Wildman–Crippen LogP) is 2.60. The van der Waals surface area contributed by atoms with E-state index in [0.717, 1.165) is 6.42 Å². The van der Waals surface area contributed by atoms with E-state index in [9.17, 15) is 4.79 Å². The molecule has 0 saturated heterocycles. The van der Waals surface area contributed by atoms with Gasteiger partial charge in [-0.25, -0.2) is 0 Å². The van der Waals surface area contributed by atoms with E-state index in [4.69, 9.17) is 22.1 Å². The van der Waals surface area contributed by atoms with Gasteiger partial charge in [-0.3, -0.25) is 4.79 Å². The Morgan fingerprint density at radius 3 is 2.75 bits per heavy atom. The molecular weight excluding hydrogens is 276 g/mol.